The van der Waals surface area contributed by atoms with Crippen molar-refractivity contribution >= 4 is 50.7 Å². The molecule has 1 fully saturated rings. The van der Waals surface area contributed by atoms with Gasteiger partial charge in [-0.1, -0.05) is 47.5 Å². The number of nitrogens with one attached hydrogen (secondary N) is 1. The third-order valence-corrected chi connectivity index (χ3v) is 8.38. The number of primary amides is 1. The third-order valence-electron chi connectivity index (χ3n) is 6.65. The maximum Gasteiger partial charge on any atom is 0.252 e. The maximum atomic E-state index is 13.0. The molecule has 3 N–H and O–H groups in total. The molecule has 0 bridgehead atoms. The normalized spacial score (nSPS) is 14.7. The predicted molar refractivity (Wildman–Crippen MR) is 155 cm³/mol. The molecule has 0 aromatic heterocycles. The van der Waals surface area contributed by atoms with Crippen molar-refractivity contribution in [1.29, 1.82) is 5.26 Å². The Labute approximate surface area is 243 Å². The number of anilines is 1. The van der Waals surface area contributed by atoms with Crippen LogP contribution in [-0.4, -0.2) is 56.6 Å². The summed E-state index contributed by atoms with van der Waals surface area (Å²) in [6.07, 6.45) is 1.08. The molecule has 2 amide bonds. The van der Waals surface area contributed by atoms with Crippen LogP contribution in [0.25, 0.3) is 0 Å². The number of rotatable bonds is 9. The molecule has 9 nitrogen and oxygen atoms in total. The van der Waals surface area contributed by atoms with E-state index in [2.05, 4.69) is 10.2 Å². The van der Waals surface area contributed by atoms with Crippen LogP contribution in [-0.2, 0) is 14.8 Å². The molecule has 12 heteroatoms. The van der Waals surface area contributed by atoms with E-state index in [1.807, 2.05) is 30.3 Å². The summed E-state index contributed by atoms with van der Waals surface area (Å²) >= 11 is 12.2. The number of sulfonamides is 1. The molecule has 3 aromatic rings. The van der Waals surface area contributed by atoms with Crippen LogP contribution >= 0.6 is 23.2 Å². The first-order valence-corrected chi connectivity index (χ1v) is 14.9. The van der Waals surface area contributed by atoms with Crippen molar-refractivity contribution in [3.05, 3.63) is 99.0 Å². The lowest BCUT2D eigenvalue weighted by molar-refractivity contribution is -0.119. The van der Waals surface area contributed by atoms with Crippen LogP contribution in [0.4, 0.5) is 5.69 Å². The lowest BCUT2D eigenvalue weighted by atomic mass is 9.93. The lowest BCUT2D eigenvalue weighted by Gasteiger charge is -2.48. The highest BCUT2D eigenvalue weighted by atomic mass is 35.5. The molecular weight excluding hydrogens is 573 g/mol. The van der Waals surface area contributed by atoms with Crippen LogP contribution in [0.5, 0.6) is 0 Å². The molecule has 0 saturated carbocycles. The number of carbonyl (C=O) groups excluding carboxylic acids is 2. The molecular formula is C28H27Cl2N5O4S. The summed E-state index contributed by atoms with van der Waals surface area (Å²) in [6, 6.07) is 19.4. The minimum atomic E-state index is -3.82. The molecule has 3 aromatic carbocycles. The van der Waals surface area contributed by atoms with Gasteiger partial charge in [-0.05, 0) is 60.5 Å². The minimum Gasteiger partial charge on any atom is -0.368 e. The van der Waals surface area contributed by atoms with Gasteiger partial charge in [-0.2, -0.15) is 5.26 Å². The van der Waals surface area contributed by atoms with Gasteiger partial charge >= 0.3 is 0 Å². The zero-order valence-electron chi connectivity index (χ0n) is 21.7. The van der Waals surface area contributed by atoms with E-state index in [1.165, 1.54) is 29.4 Å². The number of nitriles is 1. The minimum absolute atomic E-state index is 0.0344. The summed E-state index contributed by atoms with van der Waals surface area (Å²) in [5, 5.41) is 13.3. The summed E-state index contributed by atoms with van der Waals surface area (Å²) in [6.45, 7) is 2.18. The van der Waals surface area contributed by atoms with Gasteiger partial charge in [0.25, 0.3) is 5.91 Å². The summed E-state index contributed by atoms with van der Waals surface area (Å²) < 4.78 is 27.3. The quantitative estimate of drug-likeness (QED) is 0.384. The number of amides is 2. The molecule has 40 heavy (non-hydrogen) atoms. The molecule has 1 heterocycles. The first-order chi connectivity index (χ1) is 18.9. The Hall–Kier alpha value is -3.62. The smallest absolute Gasteiger partial charge is 0.252 e. The van der Waals surface area contributed by atoms with Crippen LogP contribution < -0.4 is 15.4 Å². The molecule has 1 aliphatic heterocycles. The van der Waals surface area contributed by atoms with Crippen LogP contribution in [0.3, 0.4) is 0 Å². The average molecular weight is 601 g/mol. The van der Waals surface area contributed by atoms with Crippen molar-refractivity contribution in [2.75, 3.05) is 23.7 Å². The van der Waals surface area contributed by atoms with Gasteiger partial charge in [-0.25, -0.2) is 8.42 Å². The van der Waals surface area contributed by atoms with Crippen molar-refractivity contribution in [1.82, 2.24) is 10.2 Å². The predicted octanol–water partition coefficient (Wildman–Crippen LogP) is 3.71. The van der Waals surface area contributed by atoms with Crippen molar-refractivity contribution < 1.29 is 18.0 Å². The second kappa shape index (κ2) is 11.9. The van der Waals surface area contributed by atoms with E-state index in [9.17, 15) is 23.3 Å². The van der Waals surface area contributed by atoms with Gasteiger partial charge in [0.2, 0.25) is 15.9 Å². The van der Waals surface area contributed by atoms with Gasteiger partial charge < -0.3 is 11.1 Å². The number of benzene rings is 3. The van der Waals surface area contributed by atoms with E-state index in [1.54, 1.807) is 24.3 Å². The van der Waals surface area contributed by atoms with Gasteiger partial charge in [0.1, 0.15) is 6.04 Å². The third kappa shape index (κ3) is 6.57. The van der Waals surface area contributed by atoms with Crippen molar-refractivity contribution in [3.63, 3.8) is 0 Å². The largest absolute Gasteiger partial charge is 0.368 e. The topological polar surface area (TPSA) is 137 Å². The molecule has 1 saturated heterocycles. The maximum absolute atomic E-state index is 13.0. The van der Waals surface area contributed by atoms with E-state index in [4.69, 9.17) is 28.9 Å². The van der Waals surface area contributed by atoms with E-state index in [0.717, 1.165) is 17.4 Å². The second-order valence-corrected chi connectivity index (χ2v) is 12.4. The Bertz CT molecular complexity index is 1520. The number of likely N-dealkylation sites (tertiary alicyclic amines) is 1. The van der Waals surface area contributed by atoms with Crippen LogP contribution in [0.15, 0.2) is 66.7 Å². The van der Waals surface area contributed by atoms with Gasteiger partial charge in [0, 0.05) is 28.7 Å². The van der Waals surface area contributed by atoms with Gasteiger partial charge in [-0.3, -0.25) is 18.8 Å². The highest BCUT2D eigenvalue weighted by Crippen LogP contribution is 2.37. The van der Waals surface area contributed by atoms with Crippen molar-refractivity contribution in [3.8, 4) is 6.07 Å². The Morgan fingerprint density at radius 2 is 1.55 bits per heavy atom. The van der Waals surface area contributed by atoms with E-state index in [-0.39, 0.29) is 22.9 Å². The second-order valence-electron chi connectivity index (χ2n) is 9.65. The number of nitrogens with two attached hydrogens (primary N) is 1. The molecule has 0 aliphatic carbocycles. The lowest BCUT2D eigenvalue weighted by Crippen LogP contribution is -2.61. The van der Waals surface area contributed by atoms with Gasteiger partial charge in [-0.15, -0.1) is 0 Å². The van der Waals surface area contributed by atoms with E-state index < -0.39 is 33.9 Å². The van der Waals surface area contributed by atoms with E-state index in [0.29, 0.717) is 23.1 Å². The fourth-order valence-corrected chi connectivity index (χ4v) is 6.12. The van der Waals surface area contributed by atoms with Crippen molar-refractivity contribution in [2.24, 2.45) is 5.73 Å². The highest BCUT2D eigenvalue weighted by Gasteiger charge is 2.41. The molecule has 1 aliphatic rings. The molecule has 1 unspecified atom stereocenters. The Morgan fingerprint density at radius 3 is 2.00 bits per heavy atom. The Kier molecular flexibility index (Phi) is 8.71. The summed E-state index contributed by atoms with van der Waals surface area (Å²) in [4.78, 5) is 26.3. The SMILES string of the molecule is CC(NC(=O)c1cc(C#N)cc(N(C2CN(C(c3ccc(Cl)cc3)c3ccc(Cl)cc3)C2)S(C)(=O)=O)c1)C(N)=O. The molecule has 1 atom stereocenters. The Balaban J connectivity index is 1.66. The number of halogens is 2. The van der Waals surface area contributed by atoms with Crippen LogP contribution in [0, 0.1) is 11.3 Å². The zero-order chi connectivity index (χ0) is 29.2. The molecule has 0 spiro atoms. The number of carbonyl (C=O) groups is 2. The molecule has 0 radical (unpaired) electrons. The fourth-order valence-electron chi connectivity index (χ4n) is 4.71. The Morgan fingerprint density at radius 1 is 1.02 bits per heavy atom. The number of nitrogens with zero attached hydrogens (tertiary/aromatic N) is 3. The first-order valence-electron chi connectivity index (χ1n) is 12.3. The summed E-state index contributed by atoms with van der Waals surface area (Å²) in [7, 11) is -3.82. The average Bonchev–Trinajstić information content (AvgIpc) is 2.88. The van der Waals surface area contributed by atoms with Crippen molar-refractivity contribution in [2.45, 2.75) is 25.0 Å². The molecule has 4 rings (SSSR count). The number of hydrogen-bond acceptors (Lipinski definition) is 6. The zero-order valence-corrected chi connectivity index (χ0v) is 24.0. The standard InChI is InChI=1S/C28H27Cl2N5O4S/c1-17(27(32)36)33-28(37)21-11-18(14-31)12-24(13-21)35(40(2,38)39)25-15-34(16-25)26(19-3-7-22(29)8-4-19)20-5-9-23(30)10-6-20/h3-13,17,25-26H,15-16H2,1-2H3,(H2,32,36)(H,33,37). The van der Waals surface area contributed by atoms with Crippen LogP contribution in [0.1, 0.15) is 40.0 Å². The van der Waals surface area contributed by atoms with E-state index >= 15 is 0 Å². The van der Waals surface area contributed by atoms with Crippen LogP contribution in [0.2, 0.25) is 10.0 Å². The van der Waals surface area contributed by atoms with Gasteiger partial charge in [0.15, 0.2) is 0 Å². The summed E-state index contributed by atoms with van der Waals surface area (Å²) in [5.74, 6) is -1.38. The monoisotopic (exact) mass is 599 g/mol. The molecule has 208 valence electrons. The van der Waals surface area contributed by atoms with Gasteiger partial charge in [0.05, 0.1) is 35.7 Å². The summed E-state index contributed by atoms with van der Waals surface area (Å²) in [5.41, 5.74) is 7.51. The number of hydrogen-bond donors (Lipinski definition) is 2. The fraction of sp³-hybridized carbons (Fsp3) is 0.250. The first kappa shape index (κ1) is 29.4. The highest BCUT2D eigenvalue weighted by molar-refractivity contribution is 7.92.